The first-order valence-corrected chi connectivity index (χ1v) is 10.9. The molecule has 0 aliphatic carbocycles. The Morgan fingerprint density at radius 2 is 1.63 bits per heavy atom. The fourth-order valence-electron chi connectivity index (χ4n) is 3.01. The Balaban J connectivity index is 2.30. The van der Waals surface area contributed by atoms with Gasteiger partial charge in [-0.3, -0.25) is 9.10 Å². The van der Waals surface area contributed by atoms with Gasteiger partial charge in [-0.25, -0.2) is 8.42 Å². The zero-order valence-corrected chi connectivity index (χ0v) is 17.4. The molecule has 0 unspecified atom stereocenters. The third-order valence-corrected chi connectivity index (χ3v) is 5.68. The predicted octanol–water partition coefficient (Wildman–Crippen LogP) is 3.47. The third kappa shape index (κ3) is 5.32. The van der Waals surface area contributed by atoms with Crippen LogP contribution in [0.25, 0.3) is 0 Å². The second kappa shape index (κ2) is 8.57. The summed E-state index contributed by atoms with van der Waals surface area (Å²) < 4.78 is 26.4. The van der Waals surface area contributed by atoms with Crippen LogP contribution >= 0.6 is 0 Å². The van der Waals surface area contributed by atoms with Crippen molar-refractivity contribution < 1.29 is 13.2 Å². The molecule has 0 spiro atoms. The van der Waals surface area contributed by atoms with E-state index in [1.807, 2.05) is 70.2 Å². The summed E-state index contributed by atoms with van der Waals surface area (Å²) in [7, 11) is -3.63. The van der Waals surface area contributed by atoms with Gasteiger partial charge in [0.1, 0.15) is 6.04 Å². The summed E-state index contributed by atoms with van der Waals surface area (Å²) in [5.74, 6) is -0.301. The summed E-state index contributed by atoms with van der Waals surface area (Å²) in [6, 6.07) is 12.7. The van der Waals surface area contributed by atoms with Gasteiger partial charge in [0.15, 0.2) is 0 Å². The van der Waals surface area contributed by atoms with Crippen molar-refractivity contribution in [1.82, 2.24) is 5.32 Å². The van der Waals surface area contributed by atoms with Crippen molar-refractivity contribution in [3.8, 4) is 0 Å². The van der Waals surface area contributed by atoms with Crippen molar-refractivity contribution in [3.05, 3.63) is 64.7 Å². The molecular weight excluding hydrogens is 360 g/mol. The first-order chi connectivity index (χ1) is 12.6. The lowest BCUT2D eigenvalue weighted by molar-refractivity contribution is -0.122. The number of hydrogen-bond acceptors (Lipinski definition) is 3. The molecule has 1 atom stereocenters. The lowest BCUT2D eigenvalue weighted by Gasteiger charge is -2.31. The van der Waals surface area contributed by atoms with Gasteiger partial charge in [-0.2, -0.15) is 0 Å². The summed E-state index contributed by atoms with van der Waals surface area (Å²) in [6.45, 7) is 7.94. The van der Waals surface area contributed by atoms with E-state index >= 15 is 0 Å². The van der Waals surface area contributed by atoms with Gasteiger partial charge >= 0.3 is 0 Å². The predicted molar refractivity (Wildman–Crippen MR) is 110 cm³/mol. The SMILES string of the molecule is CC[C@H](C(=O)NCc1ccc(C)cc1)N(c1cc(C)ccc1C)S(C)(=O)=O. The van der Waals surface area contributed by atoms with Gasteiger partial charge in [-0.15, -0.1) is 0 Å². The van der Waals surface area contributed by atoms with Gasteiger partial charge < -0.3 is 5.32 Å². The minimum absolute atomic E-state index is 0.301. The highest BCUT2D eigenvalue weighted by atomic mass is 32.2. The molecule has 0 saturated carbocycles. The highest BCUT2D eigenvalue weighted by Gasteiger charge is 2.32. The van der Waals surface area contributed by atoms with Gasteiger partial charge in [0, 0.05) is 6.54 Å². The van der Waals surface area contributed by atoms with E-state index in [2.05, 4.69) is 5.32 Å². The van der Waals surface area contributed by atoms with E-state index in [-0.39, 0.29) is 5.91 Å². The van der Waals surface area contributed by atoms with Gasteiger partial charge in [0.2, 0.25) is 15.9 Å². The molecule has 146 valence electrons. The van der Waals surface area contributed by atoms with E-state index < -0.39 is 16.1 Å². The summed E-state index contributed by atoms with van der Waals surface area (Å²) in [4.78, 5) is 12.9. The van der Waals surface area contributed by atoms with E-state index in [9.17, 15) is 13.2 Å². The average Bonchev–Trinajstić information content (AvgIpc) is 2.60. The molecule has 27 heavy (non-hydrogen) atoms. The molecule has 0 aromatic heterocycles. The third-order valence-electron chi connectivity index (χ3n) is 4.52. The molecule has 1 N–H and O–H groups in total. The minimum atomic E-state index is -3.63. The minimum Gasteiger partial charge on any atom is -0.350 e. The van der Waals surface area contributed by atoms with Crippen LogP contribution in [0.1, 0.15) is 35.6 Å². The maximum absolute atomic E-state index is 12.9. The van der Waals surface area contributed by atoms with Gasteiger partial charge in [-0.1, -0.05) is 48.9 Å². The highest BCUT2D eigenvalue weighted by molar-refractivity contribution is 7.92. The van der Waals surface area contributed by atoms with Gasteiger partial charge in [-0.05, 0) is 49.9 Å². The Morgan fingerprint density at radius 3 is 2.19 bits per heavy atom. The molecule has 0 saturated heterocycles. The molecule has 2 aromatic rings. The average molecular weight is 389 g/mol. The van der Waals surface area contributed by atoms with E-state index in [0.29, 0.717) is 18.7 Å². The van der Waals surface area contributed by atoms with Crippen LogP contribution in [0.4, 0.5) is 5.69 Å². The second-order valence-electron chi connectivity index (χ2n) is 6.98. The molecule has 2 aromatic carbocycles. The van der Waals surface area contributed by atoms with Crippen molar-refractivity contribution in [2.75, 3.05) is 10.6 Å². The number of benzene rings is 2. The molecule has 0 heterocycles. The maximum Gasteiger partial charge on any atom is 0.244 e. The number of rotatable bonds is 7. The Hall–Kier alpha value is -2.34. The van der Waals surface area contributed by atoms with E-state index in [0.717, 1.165) is 28.5 Å². The Morgan fingerprint density at radius 1 is 1.04 bits per heavy atom. The molecule has 5 nitrogen and oxygen atoms in total. The van der Waals surface area contributed by atoms with Crippen LogP contribution in [0.3, 0.4) is 0 Å². The van der Waals surface area contributed by atoms with Crippen LogP contribution in [0.15, 0.2) is 42.5 Å². The standard InChI is InChI=1S/C21H28N2O3S/c1-6-19(21(24)22-14-18-11-8-15(2)9-12-18)23(27(5,25)26)20-13-16(3)7-10-17(20)4/h7-13,19H,6,14H2,1-5H3,(H,22,24)/t19-/m1/s1. The Labute approximate surface area is 162 Å². The summed E-state index contributed by atoms with van der Waals surface area (Å²) in [6.07, 6.45) is 1.52. The molecule has 0 aliphatic heterocycles. The Kier molecular flexibility index (Phi) is 6.65. The molecular formula is C21H28N2O3S. The first-order valence-electron chi connectivity index (χ1n) is 9.03. The van der Waals surface area contributed by atoms with E-state index in [1.54, 1.807) is 0 Å². The summed E-state index contributed by atoms with van der Waals surface area (Å²) in [5.41, 5.74) is 4.43. The zero-order valence-electron chi connectivity index (χ0n) is 16.6. The molecule has 2 rings (SSSR count). The van der Waals surface area contributed by atoms with E-state index in [1.165, 1.54) is 4.31 Å². The van der Waals surface area contributed by atoms with Crippen LogP contribution in [-0.2, 0) is 21.4 Å². The van der Waals surface area contributed by atoms with Crippen LogP contribution in [-0.4, -0.2) is 26.6 Å². The quantitative estimate of drug-likeness (QED) is 0.790. The number of anilines is 1. The van der Waals surface area contributed by atoms with Crippen molar-refractivity contribution in [2.45, 2.75) is 46.7 Å². The fourth-order valence-corrected chi connectivity index (χ4v) is 4.27. The summed E-state index contributed by atoms with van der Waals surface area (Å²) >= 11 is 0. The highest BCUT2D eigenvalue weighted by Crippen LogP contribution is 2.27. The number of carbonyl (C=O) groups excluding carboxylic acids is 1. The van der Waals surface area contributed by atoms with E-state index in [4.69, 9.17) is 0 Å². The molecule has 0 aliphatic rings. The van der Waals surface area contributed by atoms with Crippen LogP contribution < -0.4 is 9.62 Å². The molecule has 0 fully saturated rings. The topological polar surface area (TPSA) is 66.5 Å². The van der Waals surface area contributed by atoms with Crippen LogP contribution in [0.2, 0.25) is 0 Å². The molecule has 0 bridgehead atoms. The van der Waals surface area contributed by atoms with Crippen molar-refractivity contribution in [2.24, 2.45) is 0 Å². The fraction of sp³-hybridized carbons (Fsp3) is 0.381. The number of hydrogen-bond donors (Lipinski definition) is 1. The molecule has 0 radical (unpaired) electrons. The zero-order chi connectivity index (χ0) is 20.2. The maximum atomic E-state index is 12.9. The largest absolute Gasteiger partial charge is 0.350 e. The van der Waals surface area contributed by atoms with Crippen molar-refractivity contribution in [1.29, 1.82) is 0 Å². The lowest BCUT2D eigenvalue weighted by Crippen LogP contribution is -2.49. The smallest absolute Gasteiger partial charge is 0.244 e. The summed E-state index contributed by atoms with van der Waals surface area (Å²) in [5, 5.41) is 2.88. The number of carbonyl (C=O) groups is 1. The number of aryl methyl sites for hydroxylation is 3. The van der Waals surface area contributed by atoms with Crippen molar-refractivity contribution in [3.63, 3.8) is 0 Å². The monoisotopic (exact) mass is 388 g/mol. The number of sulfonamides is 1. The number of amides is 1. The molecule has 1 amide bonds. The first kappa shape index (κ1) is 21.0. The normalized spacial score (nSPS) is 12.5. The van der Waals surface area contributed by atoms with Crippen LogP contribution in [0.5, 0.6) is 0 Å². The second-order valence-corrected chi connectivity index (χ2v) is 8.84. The van der Waals surface area contributed by atoms with Gasteiger partial charge in [0.25, 0.3) is 0 Å². The lowest BCUT2D eigenvalue weighted by atomic mass is 10.1. The van der Waals surface area contributed by atoms with Crippen LogP contribution in [0, 0.1) is 20.8 Å². The molecule has 6 heteroatoms. The number of nitrogens with zero attached hydrogens (tertiary/aromatic N) is 1. The number of nitrogens with one attached hydrogen (secondary N) is 1. The Bertz CT molecular complexity index is 906. The van der Waals surface area contributed by atoms with Gasteiger partial charge in [0.05, 0.1) is 11.9 Å². The van der Waals surface area contributed by atoms with Crippen molar-refractivity contribution >= 4 is 21.6 Å².